The van der Waals surface area contributed by atoms with Gasteiger partial charge in [0.25, 0.3) is 5.56 Å². The van der Waals surface area contributed by atoms with E-state index < -0.39 is 5.97 Å². The number of thiazole rings is 1. The molecule has 5 rings (SSSR count). The minimum atomic E-state index is -0.774. The van der Waals surface area contributed by atoms with Crippen LogP contribution in [0.15, 0.2) is 82.4 Å². The molecular weight excluding hydrogens is 462 g/mol. The van der Waals surface area contributed by atoms with Crippen molar-refractivity contribution in [3.8, 4) is 28.3 Å². The van der Waals surface area contributed by atoms with Crippen LogP contribution in [0.3, 0.4) is 0 Å². The molecule has 174 valence electrons. The summed E-state index contributed by atoms with van der Waals surface area (Å²) < 4.78 is 6.48. The molecule has 0 radical (unpaired) electrons. The predicted molar refractivity (Wildman–Crippen MR) is 136 cm³/mol. The number of methoxy groups -OCH3 is 1. The highest BCUT2D eigenvalue weighted by Gasteiger charge is 2.25. The lowest BCUT2D eigenvalue weighted by Gasteiger charge is -2.17. The van der Waals surface area contributed by atoms with Crippen molar-refractivity contribution in [3.05, 3.63) is 99.2 Å². The molecular formula is C27H21N3O4S. The van der Waals surface area contributed by atoms with Crippen molar-refractivity contribution >= 4 is 28.2 Å². The Morgan fingerprint density at radius 1 is 1.09 bits per heavy atom. The molecule has 35 heavy (non-hydrogen) atoms. The Morgan fingerprint density at radius 3 is 2.46 bits per heavy atom. The maximum atomic E-state index is 13.9. The molecule has 0 aliphatic carbocycles. The molecule has 7 nitrogen and oxygen atoms in total. The summed E-state index contributed by atoms with van der Waals surface area (Å²) in [6.45, 7) is 0.343. The molecule has 0 saturated heterocycles. The quantitative estimate of drug-likeness (QED) is 0.345. The predicted octanol–water partition coefficient (Wildman–Crippen LogP) is 4.92. The summed E-state index contributed by atoms with van der Waals surface area (Å²) in [5.74, 6) is -1.11. The summed E-state index contributed by atoms with van der Waals surface area (Å²) in [5.41, 5.74) is 4.65. The van der Waals surface area contributed by atoms with Crippen LogP contribution in [0.4, 0.5) is 0 Å². The second-order valence-electron chi connectivity index (χ2n) is 7.90. The van der Waals surface area contributed by atoms with E-state index >= 15 is 0 Å². The first-order valence-electron chi connectivity index (χ1n) is 10.9. The van der Waals surface area contributed by atoms with Gasteiger partial charge in [-0.05, 0) is 23.6 Å². The molecule has 0 fully saturated rings. The molecule has 0 spiro atoms. The highest BCUT2D eigenvalue weighted by atomic mass is 32.1. The van der Waals surface area contributed by atoms with E-state index in [0.717, 1.165) is 5.56 Å². The summed E-state index contributed by atoms with van der Waals surface area (Å²) in [4.78, 5) is 35.1. The highest BCUT2D eigenvalue weighted by Crippen LogP contribution is 2.36. The van der Waals surface area contributed by atoms with E-state index in [9.17, 15) is 14.7 Å². The van der Waals surface area contributed by atoms with E-state index in [1.165, 1.54) is 18.4 Å². The number of carbonyl (C=O) groups excluding carboxylic acids is 1. The van der Waals surface area contributed by atoms with Crippen LogP contribution < -0.4 is 5.56 Å². The van der Waals surface area contributed by atoms with Gasteiger partial charge in [-0.3, -0.25) is 4.79 Å². The van der Waals surface area contributed by atoms with Crippen LogP contribution in [0.2, 0.25) is 0 Å². The fraction of sp³-hybridized carbons (Fsp3) is 0.111. The van der Waals surface area contributed by atoms with E-state index in [1.807, 2.05) is 60.7 Å². The molecule has 0 amide bonds. The Bertz CT molecular complexity index is 1560. The van der Waals surface area contributed by atoms with Gasteiger partial charge in [0.15, 0.2) is 11.4 Å². The lowest BCUT2D eigenvalue weighted by molar-refractivity contribution is 0.0591. The zero-order valence-electron chi connectivity index (χ0n) is 18.8. The number of aromatic hydroxyl groups is 1. The van der Waals surface area contributed by atoms with E-state index in [-0.39, 0.29) is 17.0 Å². The van der Waals surface area contributed by atoms with Gasteiger partial charge in [0.1, 0.15) is 11.4 Å². The number of hydrogen-bond acceptors (Lipinski definition) is 7. The van der Waals surface area contributed by atoms with Crippen molar-refractivity contribution < 1.29 is 14.6 Å². The summed E-state index contributed by atoms with van der Waals surface area (Å²) in [6, 6.07) is 20.7. The summed E-state index contributed by atoms with van der Waals surface area (Å²) >= 11 is 1.37. The molecule has 5 aromatic rings. The molecule has 0 aliphatic rings. The molecule has 3 heterocycles. The average molecular weight is 484 g/mol. The average Bonchev–Trinajstić information content (AvgIpc) is 3.44. The van der Waals surface area contributed by atoms with Crippen LogP contribution in [0.5, 0.6) is 5.75 Å². The van der Waals surface area contributed by atoms with Crippen molar-refractivity contribution in [2.75, 3.05) is 7.11 Å². The smallest absolute Gasteiger partial charge is 0.360 e. The fourth-order valence-electron chi connectivity index (χ4n) is 4.12. The van der Waals surface area contributed by atoms with E-state index in [4.69, 9.17) is 4.74 Å². The Morgan fingerprint density at radius 2 is 1.80 bits per heavy atom. The van der Waals surface area contributed by atoms with Gasteiger partial charge in [0.05, 0.1) is 18.1 Å². The standard InChI is InChI=1S/C27H21N3O4S/c1-34-27(33)23-25(31)20-14-19(18-10-6-3-7-11-18)26(32)30(13-12-17-8-4-2-5-9-17)24(20)22(29-23)21-15-35-16-28-21/h2-11,14-16,31H,12-13H2,1H3. The van der Waals surface area contributed by atoms with Gasteiger partial charge in [-0.2, -0.15) is 0 Å². The zero-order chi connectivity index (χ0) is 24.4. The second-order valence-corrected chi connectivity index (χ2v) is 8.62. The molecule has 0 atom stereocenters. The van der Waals surface area contributed by atoms with Crippen LogP contribution in [-0.4, -0.2) is 32.7 Å². The lowest BCUT2D eigenvalue weighted by Crippen LogP contribution is -2.24. The maximum absolute atomic E-state index is 13.9. The number of esters is 1. The monoisotopic (exact) mass is 483 g/mol. The minimum absolute atomic E-state index is 0.219. The molecule has 3 aromatic heterocycles. The van der Waals surface area contributed by atoms with Gasteiger partial charge >= 0.3 is 5.97 Å². The molecule has 1 N–H and O–H groups in total. The molecule has 0 saturated carbocycles. The van der Waals surface area contributed by atoms with Gasteiger partial charge in [0.2, 0.25) is 0 Å². The van der Waals surface area contributed by atoms with E-state index in [2.05, 4.69) is 9.97 Å². The lowest BCUT2D eigenvalue weighted by atomic mass is 10.0. The van der Waals surface area contributed by atoms with Gasteiger partial charge in [-0.1, -0.05) is 60.7 Å². The van der Waals surface area contributed by atoms with Gasteiger partial charge in [-0.25, -0.2) is 14.8 Å². The Kier molecular flexibility index (Phi) is 6.12. The second kappa shape index (κ2) is 9.52. The number of rotatable bonds is 6. The van der Waals surface area contributed by atoms with Crippen LogP contribution in [0.25, 0.3) is 33.4 Å². The van der Waals surface area contributed by atoms with Crippen LogP contribution in [-0.2, 0) is 17.7 Å². The number of ether oxygens (including phenoxy) is 1. The largest absolute Gasteiger partial charge is 0.505 e. The highest BCUT2D eigenvalue weighted by molar-refractivity contribution is 7.07. The third kappa shape index (κ3) is 4.20. The van der Waals surface area contributed by atoms with E-state index in [1.54, 1.807) is 21.5 Å². The SMILES string of the molecule is COC(=O)c1nc(-c2cscn2)c2c(cc(-c3ccccc3)c(=O)n2CCc2ccccc2)c1O. The third-order valence-corrected chi connectivity index (χ3v) is 6.41. The number of aromatic nitrogens is 3. The first-order valence-corrected chi connectivity index (χ1v) is 11.9. The van der Waals surface area contributed by atoms with Crippen LogP contribution in [0.1, 0.15) is 16.1 Å². The Hall–Kier alpha value is -4.30. The third-order valence-electron chi connectivity index (χ3n) is 5.82. The number of benzene rings is 2. The first kappa shape index (κ1) is 22.5. The molecule has 8 heteroatoms. The van der Waals surface area contributed by atoms with Gasteiger partial charge in [-0.15, -0.1) is 11.3 Å². The van der Waals surface area contributed by atoms with Gasteiger partial charge in [0, 0.05) is 22.9 Å². The summed E-state index contributed by atoms with van der Waals surface area (Å²) in [5, 5.41) is 13.3. The molecule has 2 aromatic carbocycles. The summed E-state index contributed by atoms with van der Waals surface area (Å²) in [6.07, 6.45) is 0.587. The Labute approximate surface area is 204 Å². The first-order chi connectivity index (χ1) is 17.1. The van der Waals surface area contributed by atoms with Crippen molar-refractivity contribution in [1.82, 2.24) is 14.5 Å². The number of pyridine rings is 2. The van der Waals surface area contributed by atoms with Crippen molar-refractivity contribution in [2.24, 2.45) is 0 Å². The van der Waals surface area contributed by atoms with Crippen molar-refractivity contribution in [3.63, 3.8) is 0 Å². The zero-order valence-corrected chi connectivity index (χ0v) is 19.7. The summed E-state index contributed by atoms with van der Waals surface area (Å²) in [7, 11) is 1.23. The number of aryl methyl sites for hydroxylation is 2. The number of nitrogens with zero attached hydrogens (tertiary/aromatic N) is 3. The van der Waals surface area contributed by atoms with Crippen LogP contribution >= 0.6 is 11.3 Å². The topological polar surface area (TPSA) is 94.3 Å². The molecule has 0 aliphatic heterocycles. The van der Waals surface area contributed by atoms with Crippen LogP contribution in [0, 0.1) is 0 Å². The Balaban J connectivity index is 1.85. The molecule has 0 bridgehead atoms. The normalized spacial score (nSPS) is 11.0. The number of carbonyl (C=O) groups is 1. The number of hydrogen-bond donors (Lipinski definition) is 1. The minimum Gasteiger partial charge on any atom is -0.505 e. The van der Waals surface area contributed by atoms with E-state index in [0.29, 0.717) is 46.4 Å². The van der Waals surface area contributed by atoms with Gasteiger partial charge < -0.3 is 14.4 Å². The van der Waals surface area contributed by atoms with Crippen molar-refractivity contribution in [1.29, 1.82) is 0 Å². The fourth-order valence-corrected chi connectivity index (χ4v) is 4.66. The maximum Gasteiger partial charge on any atom is 0.360 e. The molecule has 0 unspecified atom stereocenters. The number of fused-ring (bicyclic) bond motifs is 1. The van der Waals surface area contributed by atoms with Crippen molar-refractivity contribution in [2.45, 2.75) is 13.0 Å².